The van der Waals surface area contributed by atoms with E-state index >= 15 is 0 Å². The molecule has 178 valence electrons. The van der Waals surface area contributed by atoms with Crippen LogP contribution in [-0.4, -0.2) is 30.4 Å². The maximum absolute atomic E-state index is 11.9. The first-order valence-electron chi connectivity index (χ1n) is 11.8. The molecule has 0 atom stereocenters. The van der Waals surface area contributed by atoms with Gasteiger partial charge in [0.2, 0.25) is 0 Å². The third-order valence-corrected chi connectivity index (χ3v) is 6.93. The number of hydrogen-bond acceptors (Lipinski definition) is 4. The predicted octanol–water partition coefficient (Wildman–Crippen LogP) is 4.16. The Morgan fingerprint density at radius 1 is 0.750 bits per heavy atom. The Balaban J connectivity index is 0.000000138. The standard InChI is InChI=1S/C20H12.C9H12N4O3/c1-2-7-17-15(4-1)12-16-9-8-13-5-3-6-14-10-11-18(17)20(16)19(13)14;1-11-7-6(8(15)12(2)9(11)16)13(3-4-14)5-10-7/h1-12H;5,14H,3-4H2,1-2H3. The third kappa shape index (κ3) is 3.21. The van der Waals surface area contributed by atoms with E-state index in [1.807, 2.05) is 0 Å². The molecule has 0 bridgehead atoms. The molecule has 36 heavy (non-hydrogen) atoms. The van der Waals surface area contributed by atoms with Crippen molar-refractivity contribution in [1.82, 2.24) is 18.7 Å². The SMILES string of the molecule is Cn1c(=O)c2c(ncn2CCO)n(C)c1=O.c1ccc2c(c1)cc1ccc3cccc4ccc2c1c34. The van der Waals surface area contributed by atoms with Gasteiger partial charge in [0, 0.05) is 20.6 Å². The van der Waals surface area contributed by atoms with Crippen molar-refractivity contribution in [3.63, 3.8) is 0 Å². The maximum atomic E-state index is 11.9. The number of aliphatic hydroxyl groups is 1. The molecule has 1 N–H and O–H groups in total. The Morgan fingerprint density at radius 2 is 1.44 bits per heavy atom. The predicted molar refractivity (Wildman–Crippen MR) is 145 cm³/mol. The molecular formula is C29H24N4O3. The van der Waals surface area contributed by atoms with E-state index in [2.05, 4.69) is 77.8 Å². The summed E-state index contributed by atoms with van der Waals surface area (Å²) in [5, 5.41) is 19.7. The van der Waals surface area contributed by atoms with Gasteiger partial charge in [0.25, 0.3) is 5.56 Å². The number of hydrogen-bond donors (Lipinski definition) is 1. The van der Waals surface area contributed by atoms with Gasteiger partial charge in [-0.15, -0.1) is 0 Å². The molecule has 0 unspecified atom stereocenters. The Labute approximate surface area is 205 Å². The minimum Gasteiger partial charge on any atom is -0.395 e. The first kappa shape index (κ1) is 22.0. The zero-order valence-corrected chi connectivity index (χ0v) is 20.0. The van der Waals surface area contributed by atoms with Crippen LogP contribution >= 0.6 is 0 Å². The molecule has 7 aromatic rings. The normalized spacial score (nSPS) is 11.6. The number of aryl methyl sites for hydroxylation is 1. The maximum Gasteiger partial charge on any atom is 0.332 e. The lowest BCUT2D eigenvalue weighted by atomic mass is 9.91. The second-order valence-corrected chi connectivity index (χ2v) is 8.99. The van der Waals surface area contributed by atoms with Gasteiger partial charge in [-0.2, -0.15) is 0 Å². The van der Waals surface area contributed by atoms with Gasteiger partial charge in [-0.05, 0) is 49.2 Å². The summed E-state index contributed by atoms with van der Waals surface area (Å²) < 4.78 is 3.87. The largest absolute Gasteiger partial charge is 0.395 e. The summed E-state index contributed by atoms with van der Waals surface area (Å²) in [6.07, 6.45) is 1.45. The number of imidazole rings is 1. The van der Waals surface area contributed by atoms with Crippen LogP contribution < -0.4 is 11.2 Å². The average Bonchev–Trinajstić information content (AvgIpc) is 3.33. The molecule has 0 aliphatic carbocycles. The highest BCUT2D eigenvalue weighted by Crippen LogP contribution is 2.38. The second-order valence-electron chi connectivity index (χ2n) is 8.99. The zero-order valence-electron chi connectivity index (χ0n) is 20.0. The number of fused-ring (bicyclic) bond motifs is 3. The van der Waals surface area contributed by atoms with Gasteiger partial charge >= 0.3 is 5.69 Å². The Hall–Kier alpha value is -4.49. The van der Waals surface area contributed by atoms with Gasteiger partial charge in [-0.3, -0.25) is 13.9 Å². The quantitative estimate of drug-likeness (QED) is 0.300. The number of rotatable bonds is 2. The lowest BCUT2D eigenvalue weighted by molar-refractivity contribution is 0.277. The van der Waals surface area contributed by atoms with E-state index in [1.165, 1.54) is 65.6 Å². The molecule has 0 radical (unpaired) electrons. The number of aliphatic hydroxyl groups excluding tert-OH is 1. The zero-order chi connectivity index (χ0) is 25.0. The van der Waals surface area contributed by atoms with Crippen molar-refractivity contribution in [2.24, 2.45) is 14.1 Å². The highest BCUT2D eigenvalue weighted by atomic mass is 16.3. The molecule has 0 amide bonds. The summed E-state index contributed by atoms with van der Waals surface area (Å²) in [6.45, 7) is 0.196. The van der Waals surface area contributed by atoms with Crippen LogP contribution in [-0.2, 0) is 20.6 Å². The third-order valence-electron chi connectivity index (χ3n) is 6.93. The minimum absolute atomic E-state index is 0.0859. The van der Waals surface area contributed by atoms with E-state index < -0.39 is 11.2 Å². The van der Waals surface area contributed by atoms with E-state index in [1.54, 1.807) is 7.05 Å². The Kier molecular flexibility index (Phi) is 5.09. The van der Waals surface area contributed by atoms with Crippen molar-refractivity contribution in [3.8, 4) is 0 Å². The molecule has 0 saturated heterocycles. The first-order chi connectivity index (χ1) is 17.5. The topological polar surface area (TPSA) is 82.0 Å². The lowest BCUT2D eigenvalue weighted by Crippen LogP contribution is -2.37. The highest BCUT2D eigenvalue weighted by molar-refractivity contribution is 6.28. The highest BCUT2D eigenvalue weighted by Gasteiger charge is 2.13. The van der Waals surface area contributed by atoms with Crippen molar-refractivity contribution in [2.75, 3.05) is 6.61 Å². The van der Waals surface area contributed by atoms with Gasteiger partial charge in [-0.25, -0.2) is 9.78 Å². The summed E-state index contributed by atoms with van der Waals surface area (Å²) in [6, 6.07) is 26.5. The fourth-order valence-electron chi connectivity index (χ4n) is 5.16. The first-order valence-corrected chi connectivity index (χ1v) is 11.8. The molecule has 0 saturated carbocycles. The van der Waals surface area contributed by atoms with Crippen LogP contribution in [0.3, 0.4) is 0 Å². The summed E-state index contributed by atoms with van der Waals surface area (Å²) in [5.74, 6) is 0. The molecule has 5 aromatic carbocycles. The molecule has 2 aromatic heterocycles. The van der Waals surface area contributed by atoms with Crippen LogP contribution in [0.15, 0.2) is 88.7 Å². The molecule has 7 heteroatoms. The van der Waals surface area contributed by atoms with E-state index in [-0.39, 0.29) is 13.2 Å². The summed E-state index contributed by atoms with van der Waals surface area (Å²) >= 11 is 0. The van der Waals surface area contributed by atoms with Crippen molar-refractivity contribution < 1.29 is 5.11 Å². The monoisotopic (exact) mass is 476 g/mol. The van der Waals surface area contributed by atoms with Gasteiger partial charge in [0.05, 0.1) is 12.9 Å². The minimum atomic E-state index is -0.410. The number of nitrogens with zero attached hydrogens (tertiary/aromatic N) is 4. The van der Waals surface area contributed by atoms with Gasteiger partial charge in [0.15, 0.2) is 11.2 Å². The van der Waals surface area contributed by atoms with Crippen LogP contribution in [0.4, 0.5) is 0 Å². The molecule has 0 fully saturated rings. The van der Waals surface area contributed by atoms with E-state index in [4.69, 9.17) is 5.11 Å². The van der Waals surface area contributed by atoms with E-state index in [0.29, 0.717) is 11.2 Å². The van der Waals surface area contributed by atoms with Crippen molar-refractivity contribution in [2.45, 2.75) is 6.54 Å². The van der Waals surface area contributed by atoms with E-state index in [9.17, 15) is 9.59 Å². The smallest absolute Gasteiger partial charge is 0.332 e. The fraction of sp³-hybridized carbons (Fsp3) is 0.138. The number of aromatic nitrogens is 4. The fourth-order valence-corrected chi connectivity index (χ4v) is 5.16. The van der Waals surface area contributed by atoms with Crippen LogP contribution in [0.25, 0.3) is 54.3 Å². The average molecular weight is 477 g/mol. The van der Waals surface area contributed by atoms with Gasteiger partial charge in [0.1, 0.15) is 0 Å². The lowest BCUT2D eigenvalue weighted by Gasteiger charge is -2.12. The Bertz CT molecular complexity index is 2010. The Morgan fingerprint density at radius 3 is 2.22 bits per heavy atom. The van der Waals surface area contributed by atoms with Crippen molar-refractivity contribution in [3.05, 3.63) is 100.0 Å². The molecule has 2 heterocycles. The summed E-state index contributed by atoms with van der Waals surface area (Å²) in [4.78, 5) is 27.5. The van der Waals surface area contributed by atoms with Crippen LogP contribution in [0.1, 0.15) is 0 Å². The van der Waals surface area contributed by atoms with Crippen LogP contribution in [0.2, 0.25) is 0 Å². The molecular weight excluding hydrogens is 452 g/mol. The summed E-state index contributed by atoms with van der Waals surface area (Å²) in [7, 11) is 2.97. The molecule has 7 nitrogen and oxygen atoms in total. The van der Waals surface area contributed by atoms with Gasteiger partial charge < -0.3 is 9.67 Å². The van der Waals surface area contributed by atoms with Crippen molar-refractivity contribution >= 4 is 54.3 Å². The van der Waals surface area contributed by atoms with E-state index in [0.717, 1.165) is 4.57 Å². The van der Waals surface area contributed by atoms with Crippen LogP contribution in [0.5, 0.6) is 0 Å². The molecule has 0 spiro atoms. The molecule has 7 rings (SSSR count). The summed E-state index contributed by atoms with van der Waals surface area (Å²) in [5.41, 5.74) is -0.143. The van der Waals surface area contributed by atoms with Gasteiger partial charge in [-0.1, -0.05) is 66.7 Å². The second kappa shape index (κ2) is 8.32. The number of benzene rings is 5. The van der Waals surface area contributed by atoms with Crippen LogP contribution in [0, 0.1) is 0 Å². The molecule has 0 aliphatic heterocycles. The molecule has 0 aliphatic rings. The van der Waals surface area contributed by atoms with Crippen molar-refractivity contribution in [1.29, 1.82) is 0 Å².